The lowest BCUT2D eigenvalue weighted by molar-refractivity contribution is -0.122. The highest BCUT2D eigenvalue weighted by Crippen LogP contribution is 2.33. The smallest absolute Gasteiger partial charge is 0.266 e. The van der Waals surface area contributed by atoms with Gasteiger partial charge < -0.3 is 5.32 Å². The Morgan fingerprint density at radius 1 is 1.42 bits per heavy atom. The van der Waals surface area contributed by atoms with Crippen LogP contribution in [0.5, 0.6) is 0 Å². The number of anilines is 1. The van der Waals surface area contributed by atoms with Gasteiger partial charge in [-0.3, -0.25) is 14.5 Å². The fourth-order valence-electron chi connectivity index (χ4n) is 2.23. The summed E-state index contributed by atoms with van der Waals surface area (Å²) < 4.78 is 14.1. The van der Waals surface area contributed by atoms with Crippen LogP contribution in [0, 0.1) is 12.7 Å². The van der Waals surface area contributed by atoms with E-state index in [-0.39, 0.29) is 24.8 Å². The van der Waals surface area contributed by atoms with Gasteiger partial charge in [0, 0.05) is 23.9 Å². The first-order valence-electron chi connectivity index (χ1n) is 7.66. The van der Waals surface area contributed by atoms with Crippen LogP contribution in [-0.4, -0.2) is 32.6 Å². The number of halogens is 1. The van der Waals surface area contributed by atoms with Crippen molar-refractivity contribution in [1.82, 2.24) is 9.88 Å². The third kappa shape index (κ3) is 4.35. The molecule has 3 rings (SSSR count). The standard InChI is InChI=1S/C17H14FN3O2S3/c1-10-9-25-16(19-10)20-14(22)6-7-21-15(23)13(26-17(21)24)8-11-4-2-3-5-12(11)18/h2-5,8-9H,6-7H2,1H3,(H,19,20,22)/b13-8+. The number of thioether (sulfide) groups is 1. The zero-order valence-electron chi connectivity index (χ0n) is 13.7. The molecule has 1 fully saturated rings. The van der Waals surface area contributed by atoms with Gasteiger partial charge in [-0.15, -0.1) is 11.3 Å². The molecule has 1 aromatic carbocycles. The van der Waals surface area contributed by atoms with Crippen LogP contribution < -0.4 is 5.32 Å². The molecule has 1 aliphatic rings. The topological polar surface area (TPSA) is 62.3 Å². The molecule has 2 heterocycles. The number of amides is 2. The van der Waals surface area contributed by atoms with E-state index < -0.39 is 5.82 Å². The molecule has 9 heteroatoms. The van der Waals surface area contributed by atoms with Crippen molar-refractivity contribution in [1.29, 1.82) is 0 Å². The fraction of sp³-hybridized carbons (Fsp3) is 0.176. The van der Waals surface area contributed by atoms with Crippen molar-refractivity contribution in [2.75, 3.05) is 11.9 Å². The molecule has 1 saturated heterocycles. The normalized spacial score (nSPS) is 15.8. The maximum absolute atomic E-state index is 13.8. The van der Waals surface area contributed by atoms with E-state index in [0.29, 0.717) is 19.9 Å². The average Bonchev–Trinajstić information content (AvgIpc) is 3.11. The molecule has 5 nitrogen and oxygen atoms in total. The van der Waals surface area contributed by atoms with Crippen LogP contribution in [0.4, 0.5) is 9.52 Å². The van der Waals surface area contributed by atoms with Crippen molar-refractivity contribution in [3.8, 4) is 0 Å². The van der Waals surface area contributed by atoms with Gasteiger partial charge in [-0.2, -0.15) is 0 Å². The maximum Gasteiger partial charge on any atom is 0.266 e. The zero-order valence-corrected chi connectivity index (χ0v) is 16.1. The van der Waals surface area contributed by atoms with E-state index in [2.05, 4.69) is 10.3 Å². The Labute approximate surface area is 163 Å². The Hall–Kier alpha value is -2.10. The van der Waals surface area contributed by atoms with Crippen molar-refractivity contribution in [2.24, 2.45) is 0 Å². The maximum atomic E-state index is 13.8. The summed E-state index contributed by atoms with van der Waals surface area (Å²) in [6, 6.07) is 6.20. The molecule has 0 saturated carbocycles. The number of rotatable bonds is 5. The molecular formula is C17H14FN3O2S3. The first-order chi connectivity index (χ1) is 12.4. The molecule has 0 spiro atoms. The highest BCUT2D eigenvalue weighted by atomic mass is 32.2. The lowest BCUT2D eigenvalue weighted by Crippen LogP contribution is -2.31. The van der Waals surface area contributed by atoms with Gasteiger partial charge >= 0.3 is 0 Å². The Balaban J connectivity index is 1.62. The summed E-state index contributed by atoms with van der Waals surface area (Å²) >= 11 is 7.67. The molecule has 1 aliphatic heterocycles. The minimum absolute atomic E-state index is 0.0953. The van der Waals surface area contributed by atoms with E-state index in [1.807, 2.05) is 12.3 Å². The van der Waals surface area contributed by atoms with Crippen molar-refractivity contribution in [3.63, 3.8) is 0 Å². The van der Waals surface area contributed by atoms with Crippen LogP contribution in [0.15, 0.2) is 34.6 Å². The predicted molar refractivity (Wildman–Crippen MR) is 106 cm³/mol. The third-order valence-electron chi connectivity index (χ3n) is 3.49. The summed E-state index contributed by atoms with van der Waals surface area (Å²) in [7, 11) is 0. The molecule has 0 atom stereocenters. The Morgan fingerprint density at radius 2 is 2.19 bits per heavy atom. The highest BCUT2D eigenvalue weighted by Gasteiger charge is 2.32. The van der Waals surface area contributed by atoms with Crippen LogP contribution in [0.2, 0.25) is 0 Å². The summed E-state index contributed by atoms with van der Waals surface area (Å²) in [5, 5.41) is 5.05. The van der Waals surface area contributed by atoms with Crippen LogP contribution in [0.1, 0.15) is 17.7 Å². The molecule has 0 bridgehead atoms. The Kier molecular flexibility index (Phi) is 5.80. The molecule has 0 unspecified atom stereocenters. The largest absolute Gasteiger partial charge is 0.302 e. The number of nitrogens with one attached hydrogen (secondary N) is 1. The van der Waals surface area contributed by atoms with Gasteiger partial charge in [0.1, 0.15) is 10.1 Å². The van der Waals surface area contributed by atoms with Gasteiger partial charge in [0.2, 0.25) is 5.91 Å². The summed E-state index contributed by atoms with van der Waals surface area (Å²) in [5.74, 6) is -0.969. The quantitative estimate of drug-likeness (QED) is 0.603. The van der Waals surface area contributed by atoms with E-state index in [4.69, 9.17) is 12.2 Å². The van der Waals surface area contributed by atoms with Gasteiger partial charge in [0.25, 0.3) is 5.91 Å². The first-order valence-corrected chi connectivity index (χ1v) is 9.76. The van der Waals surface area contributed by atoms with Crippen molar-refractivity contribution >= 4 is 62.7 Å². The highest BCUT2D eigenvalue weighted by molar-refractivity contribution is 8.26. The Bertz CT molecular complexity index is 910. The monoisotopic (exact) mass is 407 g/mol. The van der Waals surface area contributed by atoms with Gasteiger partial charge in [-0.1, -0.05) is 42.2 Å². The minimum Gasteiger partial charge on any atom is -0.302 e. The van der Waals surface area contributed by atoms with Crippen LogP contribution >= 0.6 is 35.3 Å². The Morgan fingerprint density at radius 3 is 2.88 bits per heavy atom. The first kappa shape index (κ1) is 18.7. The number of aromatic nitrogens is 1. The molecule has 2 amide bonds. The number of aryl methyl sites for hydroxylation is 1. The number of hydrogen-bond acceptors (Lipinski definition) is 6. The van der Waals surface area contributed by atoms with Gasteiger partial charge in [0.05, 0.1) is 10.6 Å². The third-order valence-corrected chi connectivity index (χ3v) is 5.75. The number of benzene rings is 1. The van der Waals surface area contributed by atoms with Crippen LogP contribution in [-0.2, 0) is 9.59 Å². The molecule has 134 valence electrons. The number of carbonyl (C=O) groups excluding carboxylic acids is 2. The zero-order chi connectivity index (χ0) is 18.7. The molecule has 2 aromatic rings. The number of thiazole rings is 1. The van der Waals surface area contributed by atoms with E-state index in [9.17, 15) is 14.0 Å². The number of hydrogen-bond donors (Lipinski definition) is 1. The molecule has 1 aromatic heterocycles. The van der Waals surface area contributed by atoms with Gasteiger partial charge in [-0.05, 0) is 19.1 Å². The molecule has 0 aliphatic carbocycles. The summed E-state index contributed by atoms with van der Waals surface area (Å²) in [6.07, 6.45) is 1.57. The summed E-state index contributed by atoms with van der Waals surface area (Å²) in [6.45, 7) is 2.00. The van der Waals surface area contributed by atoms with E-state index in [1.54, 1.807) is 18.2 Å². The van der Waals surface area contributed by atoms with E-state index in [0.717, 1.165) is 17.5 Å². The predicted octanol–water partition coefficient (Wildman–Crippen LogP) is 3.82. The summed E-state index contributed by atoms with van der Waals surface area (Å²) in [5.41, 5.74) is 1.16. The minimum atomic E-state index is -0.407. The van der Waals surface area contributed by atoms with E-state index >= 15 is 0 Å². The van der Waals surface area contributed by atoms with Crippen molar-refractivity contribution in [2.45, 2.75) is 13.3 Å². The lowest BCUT2D eigenvalue weighted by atomic mass is 10.2. The van der Waals surface area contributed by atoms with Gasteiger partial charge in [-0.25, -0.2) is 9.37 Å². The number of carbonyl (C=O) groups is 2. The second kappa shape index (κ2) is 8.07. The van der Waals surface area contributed by atoms with Gasteiger partial charge in [0.15, 0.2) is 5.13 Å². The summed E-state index contributed by atoms with van der Waals surface area (Å²) in [4.78, 5) is 30.4. The number of nitrogens with zero attached hydrogens (tertiary/aromatic N) is 2. The van der Waals surface area contributed by atoms with Crippen LogP contribution in [0.25, 0.3) is 6.08 Å². The van der Waals surface area contributed by atoms with Crippen molar-refractivity contribution < 1.29 is 14.0 Å². The van der Waals surface area contributed by atoms with E-state index in [1.165, 1.54) is 28.4 Å². The molecule has 0 radical (unpaired) electrons. The number of thiocarbonyl (C=S) groups is 1. The molecule has 26 heavy (non-hydrogen) atoms. The molecule has 1 N–H and O–H groups in total. The van der Waals surface area contributed by atoms with Crippen LogP contribution in [0.3, 0.4) is 0 Å². The SMILES string of the molecule is Cc1csc(NC(=O)CCN2C(=O)/C(=C\c3ccccc3F)SC2=S)n1. The lowest BCUT2D eigenvalue weighted by Gasteiger charge is -2.13. The van der Waals surface area contributed by atoms with Crippen molar-refractivity contribution in [3.05, 3.63) is 51.6 Å². The second-order valence-electron chi connectivity index (χ2n) is 5.45. The molecular weight excluding hydrogens is 393 g/mol. The average molecular weight is 408 g/mol. The fourth-order valence-corrected chi connectivity index (χ4v) is 4.24. The second-order valence-corrected chi connectivity index (χ2v) is 7.98.